The van der Waals surface area contributed by atoms with E-state index in [1.54, 1.807) is 0 Å². The maximum absolute atomic E-state index is 14.1. The van der Waals surface area contributed by atoms with Crippen LogP contribution in [0.2, 0.25) is 0 Å². The number of likely N-dealkylation sites (tertiary alicyclic amines) is 1. The first kappa shape index (κ1) is 29.1. The smallest absolute Gasteiger partial charge is 0.357 e. The van der Waals surface area contributed by atoms with Crippen molar-refractivity contribution in [1.82, 2.24) is 9.47 Å². The molecule has 2 aliphatic carbocycles. The number of rotatable bonds is 6. The lowest BCUT2D eigenvalue weighted by molar-refractivity contribution is -0.143. The van der Waals surface area contributed by atoms with Crippen LogP contribution in [0.5, 0.6) is 0 Å². The molecule has 3 heterocycles. The summed E-state index contributed by atoms with van der Waals surface area (Å²) in [5.74, 6) is 1.39. The number of esters is 1. The number of halogens is 1. The van der Waals surface area contributed by atoms with Gasteiger partial charge in [-0.05, 0) is 94.0 Å². The van der Waals surface area contributed by atoms with E-state index in [9.17, 15) is 14.4 Å². The summed E-state index contributed by atoms with van der Waals surface area (Å²) in [4.78, 5) is 42.3. The average Bonchev–Trinajstić information content (AvgIpc) is 3.61. The molecule has 2 aliphatic heterocycles. The van der Waals surface area contributed by atoms with Crippen molar-refractivity contribution >= 4 is 41.0 Å². The molecule has 2 N–H and O–H groups in total. The summed E-state index contributed by atoms with van der Waals surface area (Å²) in [6, 6.07) is 7.58. The topological polar surface area (TPSA) is 94.6 Å². The van der Waals surface area contributed by atoms with E-state index < -0.39 is 5.72 Å². The number of hydrogen-bond donors (Lipinski definition) is 1. The van der Waals surface area contributed by atoms with Gasteiger partial charge in [0.25, 0.3) is 0 Å². The Morgan fingerprint density at radius 1 is 1.00 bits per heavy atom. The number of nitrogens with zero attached hydrogens (tertiary/aromatic N) is 2. The number of amides is 1. The molecule has 4 aliphatic rings. The summed E-state index contributed by atoms with van der Waals surface area (Å²) in [5, 5.41) is 0.944. The molecular formula is C32H44ClN3O4. The van der Waals surface area contributed by atoms with Gasteiger partial charge in [-0.3, -0.25) is 14.2 Å². The summed E-state index contributed by atoms with van der Waals surface area (Å²) in [5.41, 5.74) is 7.58. The highest BCUT2D eigenvalue weighted by Gasteiger charge is 2.46. The van der Waals surface area contributed by atoms with Gasteiger partial charge in [-0.2, -0.15) is 0 Å². The number of hydrogen-bond acceptors (Lipinski definition) is 5. The number of benzene rings is 1. The second-order valence-corrected chi connectivity index (χ2v) is 13.0. The van der Waals surface area contributed by atoms with Crippen LogP contribution in [0, 0.1) is 23.7 Å². The molecule has 1 amide bonds. The van der Waals surface area contributed by atoms with E-state index in [-0.39, 0.29) is 47.9 Å². The largest absolute Gasteiger partial charge is 0.434 e. The highest BCUT2D eigenvalue weighted by molar-refractivity contribution is 5.98. The monoisotopic (exact) mass is 569 g/mol. The van der Waals surface area contributed by atoms with Gasteiger partial charge in [-0.15, -0.1) is 12.4 Å². The minimum Gasteiger partial charge on any atom is -0.434 e. The molecule has 0 radical (unpaired) electrons. The molecule has 6 rings (SSSR count). The first-order valence-electron chi connectivity index (χ1n) is 15.2. The molecule has 0 unspecified atom stereocenters. The Hall–Kier alpha value is -2.38. The zero-order valence-electron chi connectivity index (χ0n) is 23.9. The fraction of sp³-hybridized carbons (Fsp3) is 0.656. The maximum Gasteiger partial charge on any atom is 0.357 e. The Bertz CT molecular complexity index is 1270. The van der Waals surface area contributed by atoms with Gasteiger partial charge < -0.3 is 15.4 Å². The Balaban J connectivity index is 0.00000323. The van der Waals surface area contributed by atoms with Crippen molar-refractivity contribution in [3.05, 3.63) is 35.5 Å². The van der Waals surface area contributed by atoms with Crippen LogP contribution in [0.25, 0.3) is 10.9 Å². The van der Waals surface area contributed by atoms with E-state index in [0.717, 1.165) is 48.6 Å². The van der Waals surface area contributed by atoms with Crippen molar-refractivity contribution in [2.45, 2.75) is 96.2 Å². The summed E-state index contributed by atoms with van der Waals surface area (Å²) in [6.45, 7) is 5.18. The first-order valence-corrected chi connectivity index (χ1v) is 15.2. The zero-order chi connectivity index (χ0) is 27.3. The van der Waals surface area contributed by atoms with Crippen LogP contribution < -0.4 is 5.73 Å². The number of carbonyl (C=O) groups is 3. The van der Waals surface area contributed by atoms with Gasteiger partial charge in [0.15, 0.2) is 11.5 Å². The molecule has 218 valence electrons. The van der Waals surface area contributed by atoms with Gasteiger partial charge in [0.1, 0.15) is 5.69 Å². The van der Waals surface area contributed by atoms with E-state index in [1.165, 1.54) is 32.1 Å². The Morgan fingerprint density at radius 3 is 2.42 bits per heavy atom. The molecule has 8 heteroatoms. The number of cyclic esters (lactones) is 1. The van der Waals surface area contributed by atoms with E-state index in [2.05, 4.69) is 0 Å². The lowest BCUT2D eigenvalue weighted by atomic mass is 9.75. The highest BCUT2D eigenvalue weighted by Crippen LogP contribution is 2.42. The van der Waals surface area contributed by atoms with Crippen LogP contribution in [0.4, 0.5) is 0 Å². The highest BCUT2D eigenvalue weighted by atomic mass is 35.5. The van der Waals surface area contributed by atoms with Crippen LogP contribution in [-0.4, -0.2) is 46.3 Å². The number of ether oxygens (including phenoxy) is 1. The fourth-order valence-electron chi connectivity index (χ4n) is 8.15. The summed E-state index contributed by atoms with van der Waals surface area (Å²) >= 11 is 0. The number of aromatic nitrogens is 1. The van der Waals surface area contributed by atoms with E-state index in [1.807, 2.05) is 47.6 Å². The maximum atomic E-state index is 14.1. The molecular weight excluding hydrogens is 526 g/mol. The normalized spacial score (nSPS) is 28.3. The van der Waals surface area contributed by atoms with Crippen LogP contribution >= 0.6 is 12.4 Å². The third-order valence-electron chi connectivity index (χ3n) is 10.2. The molecule has 0 spiro atoms. The fourth-order valence-corrected chi connectivity index (χ4v) is 8.15. The number of Topliss-reactive ketones (excluding diaryl/α,β-unsaturated/α-hetero) is 1. The summed E-state index contributed by atoms with van der Waals surface area (Å²) in [6.07, 6.45) is 11.1. The van der Waals surface area contributed by atoms with Gasteiger partial charge in [0, 0.05) is 24.3 Å². The standard InChI is InChI=1S/C32H43N3O4.ClH/c1-32(2)35-26-13-10-21(16-24(26)18-27(35)31(38)39-32)17-28(36)29-25(22-6-4-3-5-7-22)14-15-34(29)30(37)23-11-8-20(19-33)9-12-23;/h10,13,16,18,20,22-23,25,29H,3-9,11-12,14-15,17,19,33H2,1-2H3;1H/t20?,23?,25-,29-;/m0./s1. The first-order chi connectivity index (χ1) is 18.8. The lowest BCUT2D eigenvalue weighted by Crippen LogP contribution is -2.48. The third-order valence-corrected chi connectivity index (χ3v) is 10.2. The number of carbonyl (C=O) groups excluding carboxylic acids is 3. The SMILES string of the molecule is CC1(C)OC(=O)c2cc3cc(CC(=O)[C@@H]4[C@H](C5CCCCC5)CCN4C(=O)C4CCC(CN)CC4)ccc3n21.Cl. The molecule has 0 bridgehead atoms. The van der Waals surface area contributed by atoms with Crippen LogP contribution in [0.15, 0.2) is 24.3 Å². The molecule has 2 aromatic rings. The van der Waals surface area contributed by atoms with Crippen molar-refractivity contribution in [2.75, 3.05) is 13.1 Å². The second-order valence-electron chi connectivity index (χ2n) is 13.0. The molecule has 2 saturated carbocycles. The van der Waals surface area contributed by atoms with Crippen molar-refractivity contribution < 1.29 is 19.1 Å². The van der Waals surface area contributed by atoms with Crippen molar-refractivity contribution in [1.29, 1.82) is 0 Å². The molecule has 7 nitrogen and oxygen atoms in total. The Kier molecular flexibility index (Phi) is 8.36. The molecule has 1 aromatic heterocycles. The van der Waals surface area contributed by atoms with Gasteiger partial charge in [-0.1, -0.05) is 38.2 Å². The predicted molar refractivity (Wildman–Crippen MR) is 157 cm³/mol. The lowest BCUT2D eigenvalue weighted by Gasteiger charge is -2.36. The van der Waals surface area contributed by atoms with E-state index in [4.69, 9.17) is 10.5 Å². The van der Waals surface area contributed by atoms with Crippen molar-refractivity contribution in [3.8, 4) is 0 Å². The van der Waals surface area contributed by atoms with Crippen LogP contribution in [0.3, 0.4) is 0 Å². The second kappa shape index (κ2) is 11.5. The van der Waals surface area contributed by atoms with Crippen LogP contribution in [-0.2, 0) is 26.5 Å². The quantitative estimate of drug-likeness (QED) is 0.457. The number of nitrogens with two attached hydrogens (primary N) is 1. The minimum atomic E-state index is -0.729. The third kappa shape index (κ3) is 5.20. The van der Waals surface area contributed by atoms with Crippen LogP contribution in [0.1, 0.15) is 94.1 Å². The number of ketones is 1. The molecule has 1 aromatic carbocycles. The molecule has 40 heavy (non-hydrogen) atoms. The Labute approximate surface area is 243 Å². The average molecular weight is 570 g/mol. The van der Waals surface area contributed by atoms with Gasteiger partial charge >= 0.3 is 5.97 Å². The molecule has 1 saturated heterocycles. The zero-order valence-corrected chi connectivity index (χ0v) is 24.7. The van der Waals surface area contributed by atoms with Crippen molar-refractivity contribution in [2.24, 2.45) is 29.4 Å². The summed E-state index contributed by atoms with van der Waals surface area (Å²) in [7, 11) is 0. The van der Waals surface area contributed by atoms with Gasteiger partial charge in [0.2, 0.25) is 5.91 Å². The van der Waals surface area contributed by atoms with Gasteiger partial charge in [0.05, 0.1) is 11.6 Å². The number of fused-ring (bicyclic) bond motifs is 3. The van der Waals surface area contributed by atoms with Gasteiger partial charge in [-0.25, -0.2) is 4.79 Å². The Morgan fingerprint density at radius 2 is 1.73 bits per heavy atom. The molecule has 2 atom stereocenters. The predicted octanol–water partition coefficient (Wildman–Crippen LogP) is 5.60. The minimum absolute atomic E-state index is 0. The van der Waals surface area contributed by atoms with E-state index in [0.29, 0.717) is 37.0 Å². The molecule has 3 fully saturated rings. The van der Waals surface area contributed by atoms with Crippen molar-refractivity contribution in [3.63, 3.8) is 0 Å². The summed E-state index contributed by atoms with van der Waals surface area (Å²) < 4.78 is 7.46. The van der Waals surface area contributed by atoms with E-state index >= 15 is 0 Å².